The van der Waals surface area contributed by atoms with E-state index in [1.54, 1.807) is 11.8 Å². The van der Waals surface area contributed by atoms with Crippen molar-refractivity contribution in [1.29, 1.82) is 0 Å². The molecular formula is C12H22N6O2. The maximum absolute atomic E-state index is 5.74. The fraction of sp³-hybridized carbons (Fsp3) is 0.750. The van der Waals surface area contributed by atoms with Gasteiger partial charge in [0, 0.05) is 13.2 Å². The lowest BCUT2D eigenvalue weighted by Crippen LogP contribution is -2.36. The van der Waals surface area contributed by atoms with Crippen LogP contribution in [0.2, 0.25) is 0 Å². The molecule has 1 aromatic rings. The maximum atomic E-state index is 5.74. The van der Waals surface area contributed by atoms with E-state index in [0.29, 0.717) is 25.7 Å². The molecule has 1 aromatic heterocycles. The normalized spacial score (nSPS) is 23.5. The zero-order valence-corrected chi connectivity index (χ0v) is 12.1. The van der Waals surface area contributed by atoms with E-state index in [1.807, 2.05) is 20.0 Å². The first-order valence-corrected chi connectivity index (χ1v) is 6.68. The van der Waals surface area contributed by atoms with Gasteiger partial charge in [-0.15, -0.1) is 5.10 Å². The van der Waals surface area contributed by atoms with Crippen LogP contribution in [0.4, 0.5) is 0 Å². The Hall–Kier alpha value is -1.67. The highest BCUT2D eigenvalue weighted by atomic mass is 16.5. The molecule has 0 radical (unpaired) electrons. The lowest BCUT2D eigenvalue weighted by atomic mass is 10.2. The number of hydrogen-bond donors (Lipinski definition) is 2. The zero-order chi connectivity index (χ0) is 14.5. The van der Waals surface area contributed by atoms with Gasteiger partial charge < -0.3 is 20.5 Å². The number of rotatable bonds is 5. The second kappa shape index (κ2) is 6.67. The molecule has 0 spiro atoms. The quantitative estimate of drug-likeness (QED) is 0.567. The summed E-state index contributed by atoms with van der Waals surface area (Å²) < 4.78 is 12.5. The van der Waals surface area contributed by atoms with E-state index in [4.69, 9.17) is 15.2 Å². The molecule has 1 aliphatic rings. The Kier molecular flexibility index (Phi) is 4.91. The summed E-state index contributed by atoms with van der Waals surface area (Å²) in [5.41, 5.74) is 6.50. The number of aromatic nitrogens is 3. The van der Waals surface area contributed by atoms with E-state index >= 15 is 0 Å². The van der Waals surface area contributed by atoms with Gasteiger partial charge in [0.25, 0.3) is 0 Å². The molecule has 112 valence electrons. The number of nitrogens with two attached hydrogens (primary N) is 1. The Labute approximate surface area is 118 Å². The van der Waals surface area contributed by atoms with Crippen molar-refractivity contribution in [2.45, 2.75) is 38.6 Å². The average molecular weight is 282 g/mol. The van der Waals surface area contributed by atoms with Crippen LogP contribution in [0.1, 0.15) is 25.6 Å². The van der Waals surface area contributed by atoms with Gasteiger partial charge in [-0.25, -0.2) is 9.67 Å². The van der Waals surface area contributed by atoms with Crippen LogP contribution in [0.25, 0.3) is 0 Å². The molecular weight excluding hydrogens is 260 g/mol. The van der Waals surface area contributed by atoms with E-state index in [9.17, 15) is 0 Å². The molecule has 1 aliphatic heterocycles. The highest BCUT2D eigenvalue weighted by molar-refractivity contribution is 5.77. The predicted octanol–water partition coefficient (Wildman–Crippen LogP) is -0.323. The van der Waals surface area contributed by atoms with Crippen LogP contribution in [0.3, 0.4) is 0 Å². The first kappa shape index (κ1) is 14.7. The smallest absolute Gasteiger partial charge is 0.189 e. The Morgan fingerprint density at radius 1 is 1.65 bits per heavy atom. The van der Waals surface area contributed by atoms with E-state index in [-0.39, 0.29) is 18.2 Å². The molecule has 0 aliphatic carbocycles. The van der Waals surface area contributed by atoms with Crippen LogP contribution in [-0.4, -0.2) is 53.4 Å². The van der Waals surface area contributed by atoms with Gasteiger partial charge in [-0.2, -0.15) is 0 Å². The number of nitrogens with zero attached hydrogens (tertiary/aromatic N) is 4. The fourth-order valence-electron chi connectivity index (χ4n) is 2.05. The third kappa shape index (κ3) is 3.67. The van der Waals surface area contributed by atoms with Gasteiger partial charge in [-0.3, -0.25) is 0 Å². The summed E-state index contributed by atoms with van der Waals surface area (Å²) in [4.78, 5) is 4.22. The van der Waals surface area contributed by atoms with Gasteiger partial charge in [-0.1, -0.05) is 5.21 Å². The van der Waals surface area contributed by atoms with E-state index < -0.39 is 0 Å². The number of nitrogens with one attached hydrogen (secondary N) is 1. The van der Waals surface area contributed by atoms with Gasteiger partial charge in [0.1, 0.15) is 17.8 Å². The van der Waals surface area contributed by atoms with Gasteiger partial charge in [0.05, 0.1) is 26.0 Å². The summed E-state index contributed by atoms with van der Waals surface area (Å²) >= 11 is 0. The molecule has 2 heterocycles. The van der Waals surface area contributed by atoms with Gasteiger partial charge >= 0.3 is 0 Å². The summed E-state index contributed by atoms with van der Waals surface area (Å²) in [6, 6.07) is 0.323. The molecule has 1 saturated heterocycles. The minimum absolute atomic E-state index is 0.0146. The monoisotopic (exact) mass is 282 g/mol. The van der Waals surface area contributed by atoms with Crippen LogP contribution in [0.5, 0.6) is 0 Å². The summed E-state index contributed by atoms with van der Waals surface area (Å²) in [7, 11) is 1.67. The molecule has 0 unspecified atom stereocenters. The van der Waals surface area contributed by atoms with Crippen molar-refractivity contribution in [3.63, 3.8) is 0 Å². The van der Waals surface area contributed by atoms with Crippen molar-refractivity contribution in [3.8, 4) is 0 Å². The summed E-state index contributed by atoms with van der Waals surface area (Å²) in [6.45, 7) is 5.57. The number of guanidine groups is 1. The molecule has 3 N–H and O–H groups in total. The van der Waals surface area contributed by atoms with Crippen molar-refractivity contribution in [2.24, 2.45) is 10.7 Å². The zero-order valence-electron chi connectivity index (χ0n) is 12.1. The molecule has 8 nitrogen and oxygen atoms in total. The Morgan fingerprint density at radius 2 is 2.45 bits per heavy atom. The fourth-order valence-corrected chi connectivity index (χ4v) is 2.05. The van der Waals surface area contributed by atoms with Gasteiger partial charge in [0.2, 0.25) is 0 Å². The van der Waals surface area contributed by atoms with Crippen molar-refractivity contribution >= 4 is 5.96 Å². The average Bonchev–Trinajstić information content (AvgIpc) is 3.03. The first-order chi connectivity index (χ1) is 9.60. The van der Waals surface area contributed by atoms with Crippen LogP contribution < -0.4 is 11.1 Å². The molecule has 1 fully saturated rings. The molecule has 2 atom stereocenters. The third-order valence-electron chi connectivity index (χ3n) is 3.05. The van der Waals surface area contributed by atoms with Crippen LogP contribution >= 0.6 is 0 Å². The standard InChI is InChI=1S/C12H22N6O2/c1-8(2)15-12(13)14-4-9-5-18(17-16-9)10-6-20-7-11(10)19-3/h5,8,10-11H,4,6-7H2,1-3H3,(H3,13,14,15)/t10-,11-/m1/s1. The number of methoxy groups -OCH3 is 1. The maximum Gasteiger partial charge on any atom is 0.189 e. The Morgan fingerprint density at radius 3 is 3.15 bits per heavy atom. The molecule has 20 heavy (non-hydrogen) atoms. The van der Waals surface area contributed by atoms with E-state index in [1.165, 1.54) is 0 Å². The third-order valence-corrected chi connectivity index (χ3v) is 3.05. The van der Waals surface area contributed by atoms with E-state index in [0.717, 1.165) is 5.69 Å². The van der Waals surface area contributed by atoms with Crippen molar-refractivity contribution < 1.29 is 9.47 Å². The first-order valence-electron chi connectivity index (χ1n) is 6.68. The lowest BCUT2D eigenvalue weighted by molar-refractivity contribution is 0.0661. The van der Waals surface area contributed by atoms with Crippen molar-refractivity contribution in [3.05, 3.63) is 11.9 Å². The minimum atomic E-state index is 0.0146. The molecule has 0 amide bonds. The van der Waals surface area contributed by atoms with Crippen molar-refractivity contribution in [1.82, 2.24) is 20.3 Å². The number of ether oxygens (including phenoxy) is 2. The second-order valence-electron chi connectivity index (χ2n) is 5.07. The SMILES string of the molecule is CO[C@@H]1COC[C@H]1n1cc(CN=C(N)NC(C)C)nn1. The second-order valence-corrected chi connectivity index (χ2v) is 5.07. The summed E-state index contributed by atoms with van der Waals surface area (Å²) in [5.74, 6) is 0.411. The van der Waals surface area contributed by atoms with E-state index in [2.05, 4.69) is 20.6 Å². The topological polar surface area (TPSA) is 99.6 Å². The Bertz CT molecular complexity index is 459. The predicted molar refractivity (Wildman–Crippen MR) is 74.3 cm³/mol. The van der Waals surface area contributed by atoms with Gasteiger partial charge in [0.15, 0.2) is 5.96 Å². The van der Waals surface area contributed by atoms with Crippen LogP contribution in [0, 0.1) is 0 Å². The highest BCUT2D eigenvalue weighted by Gasteiger charge is 2.30. The molecule has 8 heteroatoms. The summed E-state index contributed by atoms with van der Waals surface area (Å²) in [5, 5.41) is 11.2. The molecule has 0 saturated carbocycles. The largest absolute Gasteiger partial charge is 0.377 e. The van der Waals surface area contributed by atoms with Gasteiger partial charge in [-0.05, 0) is 13.8 Å². The minimum Gasteiger partial charge on any atom is -0.377 e. The lowest BCUT2D eigenvalue weighted by Gasteiger charge is -2.15. The van der Waals surface area contributed by atoms with Crippen molar-refractivity contribution in [2.75, 3.05) is 20.3 Å². The molecule has 0 aromatic carbocycles. The number of aliphatic imine (C=N–C) groups is 1. The highest BCUT2D eigenvalue weighted by Crippen LogP contribution is 2.21. The summed E-state index contributed by atoms with van der Waals surface area (Å²) in [6.07, 6.45) is 1.87. The molecule has 2 rings (SSSR count). The molecule has 0 bridgehead atoms. The van der Waals surface area contributed by atoms with Crippen LogP contribution in [-0.2, 0) is 16.0 Å². The number of hydrogen-bond acceptors (Lipinski definition) is 5. The Balaban J connectivity index is 1.95. The van der Waals surface area contributed by atoms with Crippen LogP contribution in [0.15, 0.2) is 11.2 Å².